The summed E-state index contributed by atoms with van der Waals surface area (Å²) in [5.41, 5.74) is 7.56. The summed E-state index contributed by atoms with van der Waals surface area (Å²) in [5.74, 6) is -0.204. The summed E-state index contributed by atoms with van der Waals surface area (Å²) in [6, 6.07) is 18.1. The molecule has 6 aromatic rings. The van der Waals surface area contributed by atoms with Crippen LogP contribution >= 0.6 is 0 Å². The number of amides is 1. The van der Waals surface area contributed by atoms with Crippen molar-refractivity contribution in [2.45, 2.75) is 6.23 Å². The van der Waals surface area contributed by atoms with Crippen LogP contribution in [0.3, 0.4) is 0 Å². The standard InChI is InChI=1S/C29H20N6O2/c1-34-28(36)21-3-2-4-26(27(21)29(34)37)35-24-7-5-17(19-11-30-15-31-12-19)9-22(24)23-10-18(6-8-25(23)35)20-13-32-16-33-14-20/h2-16,28,36H,1H3. The third-order valence-corrected chi connectivity index (χ3v) is 7.05. The van der Waals surface area contributed by atoms with Gasteiger partial charge in [0.2, 0.25) is 0 Å². The van der Waals surface area contributed by atoms with Gasteiger partial charge in [0.25, 0.3) is 5.91 Å². The maximum atomic E-state index is 13.2. The van der Waals surface area contributed by atoms with Crippen LogP contribution in [0.4, 0.5) is 0 Å². The lowest BCUT2D eigenvalue weighted by Crippen LogP contribution is -2.22. The van der Waals surface area contributed by atoms with Crippen molar-refractivity contribution in [1.29, 1.82) is 0 Å². The average Bonchev–Trinajstić information content (AvgIpc) is 3.40. The molecule has 8 nitrogen and oxygen atoms in total. The molecule has 1 aliphatic heterocycles. The van der Waals surface area contributed by atoms with Crippen LogP contribution in [0.2, 0.25) is 0 Å². The van der Waals surface area contributed by atoms with Gasteiger partial charge in [-0.15, -0.1) is 0 Å². The summed E-state index contributed by atoms with van der Waals surface area (Å²) >= 11 is 0. The molecule has 4 heterocycles. The van der Waals surface area contributed by atoms with Gasteiger partial charge in [-0.3, -0.25) is 4.79 Å². The van der Waals surface area contributed by atoms with Gasteiger partial charge in [0.15, 0.2) is 6.23 Å². The zero-order valence-electron chi connectivity index (χ0n) is 19.8. The van der Waals surface area contributed by atoms with Crippen LogP contribution in [-0.2, 0) is 0 Å². The van der Waals surface area contributed by atoms with Gasteiger partial charge < -0.3 is 14.6 Å². The lowest BCUT2D eigenvalue weighted by Gasteiger charge is -2.13. The first kappa shape index (κ1) is 21.3. The molecule has 1 N–H and O–H groups in total. The molecule has 7 rings (SSSR count). The molecular weight excluding hydrogens is 464 g/mol. The molecule has 0 aliphatic carbocycles. The Balaban J connectivity index is 1.56. The van der Waals surface area contributed by atoms with Gasteiger partial charge in [-0.05, 0) is 41.5 Å². The van der Waals surface area contributed by atoms with Crippen molar-refractivity contribution in [3.8, 4) is 27.9 Å². The van der Waals surface area contributed by atoms with Gasteiger partial charge in [-0.2, -0.15) is 0 Å². The zero-order valence-corrected chi connectivity index (χ0v) is 19.8. The molecule has 3 aromatic carbocycles. The second-order valence-corrected chi connectivity index (χ2v) is 9.08. The van der Waals surface area contributed by atoms with E-state index in [0.717, 1.165) is 49.7 Å². The SMILES string of the molecule is CN1C(=O)c2c(cccc2-n2c3ccc(-c4cncnc4)cc3c3cc(-c4cncnc4)ccc32)C1O. The minimum atomic E-state index is -0.968. The van der Waals surface area contributed by atoms with Crippen molar-refractivity contribution in [1.82, 2.24) is 29.4 Å². The Labute approximate surface area is 211 Å². The van der Waals surface area contributed by atoms with E-state index < -0.39 is 6.23 Å². The van der Waals surface area contributed by atoms with Crippen LogP contribution in [0.25, 0.3) is 49.7 Å². The van der Waals surface area contributed by atoms with Crippen molar-refractivity contribution in [2.24, 2.45) is 0 Å². The van der Waals surface area contributed by atoms with E-state index in [1.807, 2.05) is 24.3 Å². The Bertz CT molecular complexity index is 1740. The van der Waals surface area contributed by atoms with E-state index in [0.29, 0.717) is 11.1 Å². The van der Waals surface area contributed by atoms with Gasteiger partial charge in [-0.25, -0.2) is 19.9 Å². The number of aliphatic hydroxyl groups is 1. The van der Waals surface area contributed by atoms with Crippen molar-refractivity contribution >= 4 is 27.7 Å². The molecule has 0 bridgehead atoms. The first-order valence-electron chi connectivity index (χ1n) is 11.8. The minimum Gasteiger partial charge on any atom is -0.369 e. The summed E-state index contributed by atoms with van der Waals surface area (Å²) in [4.78, 5) is 31.3. The van der Waals surface area contributed by atoms with E-state index in [4.69, 9.17) is 0 Å². The quantitative estimate of drug-likeness (QED) is 0.389. The van der Waals surface area contributed by atoms with Gasteiger partial charge in [0.05, 0.1) is 22.3 Å². The molecule has 0 saturated carbocycles. The Morgan fingerprint density at radius 1 is 0.730 bits per heavy atom. The predicted molar refractivity (Wildman–Crippen MR) is 140 cm³/mol. The summed E-state index contributed by atoms with van der Waals surface area (Å²) in [6.45, 7) is 0. The summed E-state index contributed by atoms with van der Waals surface area (Å²) in [5, 5.41) is 12.7. The van der Waals surface area contributed by atoms with Crippen LogP contribution < -0.4 is 0 Å². The molecule has 1 atom stereocenters. The number of hydrogen-bond donors (Lipinski definition) is 1. The Morgan fingerprint density at radius 2 is 1.27 bits per heavy atom. The first-order chi connectivity index (χ1) is 18.1. The molecule has 178 valence electrons. The molecule has 1 amide bonds. The number of fused-ring (bicyclic) bond motifs is 4. The monoisotopic (exact) mass is 484 g/mol. The molecule has 0 saturated heterocycles. The lowest BCUT2D eigenvalue weighted by atomic mass is 10.0. The number of aliphatic hydroxyl groups excluding tert-OH is 1. The number of rotatable bonds is 3. The molecule has 0 radical (unpaired) electrons. The number of benzene rings is 3. The van der Waals surface area contributed by atoms with Crippen molar-refractivity contribution < 1.29 is 9.90 Å². The van der Waals surface area contributed by atoms with Crippen LogP contribution in [0, 0.1) is 0 Å². The van der Waals surface area contributed by atoms with Crippen LogP contribution in [-0.4, -0.2) is 47.5 Å². The van der Waals surface area contributed by atoms with Crippen LogP contribution in [0.1, 0.15) is 22.1 Å². The van der Waals surface area contributed by atoms with Gasteiger partial charge in [0, 0.05) is 59.3 Å². The largest absolute Gasteiger partial charge is 0.369 e. The molecule has 1 aliphatic rings. The third kappa shape index (κ3) is 3.16. The topological polar surface area (TPSA) is 97.0 Å². The van der Waals surface area contributed by atoms with Crippen molar-refractivity contribution in [3.63, 3.8) is 0 Å². The smallest absolute Gasteiger partial charge is 0.258 e. The number of carbonyl (C=O) groups is 1. The highest BCUT2D eigenvalue weighted by atomic mass is 16.3. The molecular formula is C29H20N6O2. The molecule has 1 unspecified atom stereocenters. The van der Waals surface area contributed by atoms with E-state index in [1.54, 1.807) is 37.9 Å². The van der Waals surface area contributed by atoms with Gasteiger partial charge >= 0.3 is 0 Å². The summed E-state index contributed by atoms with van der Waals surface area (Å²) in [7, 11) is 1.62. The zero-order chi connectivity index (χ0) is 25.1. The highest BCUT2D eigenvalue weighted by Crippen LogP contribution is 2.40. The fraction of sp³-hybridized carbons (Fsp3) is 0.0690. The Morgan fingerprint density at radius 3 is 1.81 bits per heavy atom. The Hall–Kier alpha value is -4.95. The van der Waals surface area contributed by atoms with E-state index in [-0.39, 0.29) is 5.91 Å². The average molecular weight is 485 g/mol. The summed E-state index contributed by atoms with van der Waals surface area (Å²) in [6.07, 6.45) is 9.23. The normalized spacial score (nSPS) is 15.0. The van der Waals surface area contributed by atoms with E-state index >= 15 is 0 Å². The molecule has 8 heteroatoms. The second-order valence-electron chi connectivity index (χ2n) is 9.08. The van der Waals surface area contributed by atoms with Gasteiger partial charge in [0.1, 0.15) is 12.7 Å². The molecule has 0 fully saturated rings. The molecule has 3 aromatic heterocycles. The molecule has 0 spiro atoms. The maximum Gasteiger partial charge on any atom is 0.258 e. The summed E-state index contributed by atoms with van der Waals surface area (Å²) < 4.78 is 2.10. The third-order valence-electron chi connectivity index (χ3n) is 7.05. The fourth-order valence-electron chi connectivity index (χ4n) is 5.23. The van der Waals surface area contributed by atoms with Crippen molar-refractivity contribution in [2.75, 3.05) is 7.05 Å². The number of nitrogens with zero attached hydrogens (tertiary/aromatic N) is 6. The van der Waals surface area contributed by atoms with E-state index in [2.05, 4.69) is 48.8 Å². The van der Waals surface area contributed by atoms with E-state index in [1.165, 1.54) is 17.6 Å². The second kappa shape index (κ2) is 8.04. The Kier molecular flexibility index (Phi) is 4.64. The predicted octanol–water partition coefficient (Wildman–Crippen LogP) is 4.77. The lowest BCUT2D eigenvalue weighted by molar-refractivity contribution is 0.0302. The van der Waals surface area contributed by atoms with Crippen LogP contribution in [0.15, 0.2) is 92.0 Å². The minimum absolute atomic E-state index is 0.204. The maximum absolute atomic E-state index is 13.2. The number of hydrogen-bond acceptors (Lipinski definition) is 6. The van der Waals surface area contributed by atoms with Crippen LogP contribution in [0.5, 0.6) is 0 Å². The van der Waals surface area contributed by atoms with Gasteiger partial charge in [-0.1, -0.05) is 24.3 Å². The van der Waals surface area contributed by atoms with Crippen molar-refractivity contribution in [3.05, 3.63) is 103 Å². The van der Waals surface area contributed by atoms with E-state index in [9.17, 15) is 9.90 Å². The number of carbonyl (C=O) groups excluding carboxylic acids is 1. The highest BCUT2D eigenvalue weighted by Gasteiger charge is 2.35. The molecule has 37 heavy (non-hydrogen) atoms. The highest BCUT2D eigenvalue weighted by molar-refractivity contribution is 6.13. The first-order valence-corrected chi connectivity index (χ1v) is 11.8. The fourth-order valence-corrected chi connectivity index (χ4v) is 5.23. The number of aromatic nitrogens is 5.